The number of nitrogens with zero attached hydrogens (tertiary/aromatic N) is 1. The standard InChI is InChI=1S/C13H12ClNO3/c1-9-11(6-7-18-9)12(14)8-10-4-2-3-5-13(10)15(16)17/h2-7,12H,8H2,1H3. The van der Waals surface area contributed by atoms with Crippen molar-refractivity contribution in [2.45, 2.75) is 18.7 Å². The van der Waals surface area contributed by atoms with Crippen LogP contribution >= 0.6 is 11.6 Å². The van der Waals surface area contributed by atoms with Crippen LogP contribution in [0.25, 0.3) is 0 Å². The summed E-state index contributed by atoms with van der Waals surface area (Å²) in [4.78, 5) is 10.5. The minimum Gasteiger partial charge on any atom is -0.469 e. The Morgan fingerprint density at radius 3 is 2.72 bits per heavy atom. The van der Waals surface area contributed by atoms with E-state index in [1.165, 1.54) is 6.07 Å². The Bertz CT molecular complexity index is 565. The fourth-order valence-electron chi connectivity index (χ4n) is 1.88. The molecule has 1 aromatic carbocycles. The molecular weight excluding hydrogens is 254 g/mol. The number of alkyl halides is 1. The van der Waals surface area contributed by atoms with Crippen LogP contribution in [0.3, 0.4) is 0 Å². The molecule has 0 spiro atoms. The molecule has 0 saturated carbocycles. The van der Waals surface area contributed by atoms with E-state index in [0.29, 0.717) is 12.0 Å². The van der Waals surface area contributed by atoms with Gasteiger partial charge in [0.1, 0.15) is 5.76 Å². The van der Waals surface area contributed by atoms with Crippen LogP contribution in [0, 0.1) is 17.0 Å². The number of hydrogen-bond donors (Lipinski definition) is 0. The van der Waals surface area contributed by atoms with Crippen LogP contribution in [-0.2, 0) is 6.42 Å². The van der Waals surface area contributed by atoms with Gasteiger partial charge in [-0.2, -0.15) is 0 Å². The van der Waals surface area contributed by atoms with Gasteiger partial charge in [0.25, 0.3) is 5.69 Å². The van der Waals surface area contributed by atoms with E-state index in [9.17, 15) is 10.1 Å². The summed E-state index contributed by atoms with van der Waals surface area (Å²) >= 11 is 6.28. The Hall–Kier alpha value is -1.81. The second kappa shape index (κ2) is 5.23. The van der Waals surface area contributed by atoms with Crippen LogP contribution in [0.4, 0.5) is 5.69 Å². The second-order valence-corrected chi connectivity index (χ2v) is 4.52. The van der Waals surface area contributed by atoms with E-state index in [1.54, 1.807) is 30.5 Å². The van der Waals surface area contributed by atoms with Gasteiger partial charge in [0, 0.05) is 17.2 Å². The van der Waals surface area contributed by atoms with E-state index in [2.05, 4.69) is 0 Å². The second-order valence-electron chi connectivity index (χ2n) is 3.99. The molecule has 0 N–H and O–H groups in total. The molecule has 0 aliphatic carbocycles. The van der Waals surface area contributed by atoms with Crippen molar-refractivity contribution in [3.63, 3.8) is 0 Å². The first kappa shape index (κ1) is 12.6. The van der Waals surface area contributed by atoms with Gasteiger partial charge in [-0.15, -0.1) is 11.6 Å². The van der Waals surface area contributed by atoms with Gasteiger partial charge in [0.15, 0.2) is 0 Å². The van der Waals surface area contributed by atoms with E-state index in [1.807, 2.05) is 6.92 Å². The van der Waals surface area contributed by atoms with E-state index >= 15 is 0 Å². The summed E-state index contributed by atoms with van der Waals surface area (Å²) in [6.07, 6.45) is 1.97. The van der Waals surface area contributed by atoms with E-state index in [-0.39, 0.29) is 16.0 Å². The van der Waals surface area contributed by atoms with Crippen molar-refractivity contribution in [3.05, 3.63) is 63.6 Å². The molecule has 4 nitrogen and oxygen atoms in total. The van der Waals surface area contributed by atoms with Gasteiger partial charge in [-0.05, 0) is 19.4 Å². The van der Waals surface area contributed by atoms with Gasteiger partial charge in [0.05, 0.1) is 16.6 Å². The van der Waals surface area contributed by atoms with Crippen molar-refractivity contribution in [2.24, 2.45) is 0 Å². The predicted molar refractivity (Wildman–Crippen MR) is 68.8 cm³/mol. The highest BCUT2D eigenvalue weighted by Crippen LogP contribution is 2.31. The highest BCUT2D eigenvalue weighted by atomic mass is 35.5. The molecule has 2 rings (SSSR count). The maximum atomic E-state index is 10.9. The lowest BCUT2D eigenvalue weighted by atomic mass is 10.0. The average molecular weight is 266 g/mol. The fourth-order valence-corrected chi connectivity index (χ4v) is 2.28. The van der Waals surface area contributed by atoms with Crippen LogP contribution < -0.4 is 0 Å². The molecule has 0 amide bonds. The molecule has 94 valence electrons. The van der Waals surface area contributed by atoms with Crippen LogP contribution in [0.5, 0.6) is 0 Å². The molecule has 0 radical (unpaired) electrons. The van der Waals surface area contributed by atoms with E-state index in [0.717, 1.165) is 11.3 Å². The lowest BCUT2D eigenvalue weighted by molar-refractivity contribution is -0.385. The van der Waals surface area contributed by atoms with Crippen LogP contribution in [-0.4, -0.2) is 4.92 Å². The summed E-state index contributed by atoms with van der Waals surface area (Å²) in [5.41, 5.74) is 1.60. The Morgan fingerprint density at radius 1 is 1.39 bits per heavy atom. The largest absolute Gasteiger partial charge is 0.469 e. The number of para-hydroxylation sites is 1. The number of nitro benzene ring substituents is 1. The van der Waals surface area contributed by atoms with Gasteiger partial charge < -0.3 is 4.42 Å². The molecule has 0 fully saturated rings. The number of furan rings is 1. The third-order valence-electron chi connectivity index (χ3n) is 2.82. The summed E-state index contributed by atoms with van der Waals surface area (Å²) < 4.78 is 5.18. The molecule has 2 aromatic rings. The van der Waals surface area contributed by atoms with Crippen LogP contribution in [0.15, 0.2) is 41.0 Å². The Balaban J connectivity index is 2.25. The van der Waals surface area contributed by atoms with Crippen molar-refractivity contribution in [1.82, 2.24) is 0 Å². The topological polar surface area (TPSA) is 56.3 Å². The van der Waals surface area contributed by atoms with E-state index in [4.69, 9.17) is 16.0 Å². The first-order valence-electron chi connectivity index (χ1n) is 5.50. The normalized spacial score (nSPS) is 12.3. The molecule has 0 saturated heterocycles. The lowest BCUT2D eigenvalue weighted by Gasteiger charge is -2.08. The van der Waals surface area contributed by atoms with Crippen molar-refractivity contribution in [1.29, 1.82) is 0 Å². The van der Waals surface area contributed by atoms with Crippen molar-refractivity contribution in [2.75, 3.05) is 0 Å². The number of hydrogen-bond acceptors (Lipinski definition) is 3. The molecule has 18 heavy (non-hydrogen) atoms. The summed E-state index contributed by atoms with van der Waals surface area (Å²) in [6, 6.07) is 8.42. The predicted octanol–water partition coefficient (Wildman–Crippen LogP) is 4.02. The van der Waals surface area contributed by atoms with E-state index < -0.39 is 0 Å². The molecule has 1 atom stereocenters. The zero-order valence-corrected chi connectivity index (χ0v) is 10.6. The number of aryl methyl sites for hydroxylation is 1. The lowest BCUT2D eigenvalue weighted by Crippen LogP contribution is -2.00. The number of nitro groups is 1. The third-order valence-corrected chi connectivity index (χ3v) is 3.21. The van der Waals surface area contributed by atoms with Crippen LogP contribution in [0.1, 0.15) is 22.3 Å². The molecule has 0 bridgehead atoms. The molecule has 0 aliphatic rings. The minimum atomic E-state index is -0.388. The molecule has 1 unspecified atom stereocenters. The molecule has 5 heteroatoms. The van der Waals surface area contributed by atoms with Gasteiger partial charge in [-0.1, -0.05) is 18.2 Å². The van der Waals surface area contributed by atoms with Crippen molar-refractivity contribution in [3.8, 4) is 0 Å². The summed E-state index contributed by atoms with van der Waals surface area (Å²) in [6.45, 7) is 1.82. The fraction of sp³-hybridized carbons (Fsp3) is 0.231. The molecule has 1 aromatic heterocycles. The van der Waals surface area contributed by atoms with Crippen molar-refractivity contribution >= 4 is 17.3 Å². The molecule has 1 heterocycles. The molecular formula is C13H12ClNO3. The van der Waals surface area contributed by atoms with Gasteiger partial charge in [0.2, 0.25) is 0 Å². The van der Waals surface area contributed by atoms with Crippen LogP contribution in [0.2, 0.25) is 0 Å². The number of rotatable bonds is 4. The Morgan fingerprint density at radius 2 is 2.11 bits per heavy atom. The number of halogens is 1. The number of benzene rings is 1. The third kappa shape index (κ3) is 2.54. The zero-order valence-electron chi connectivity index (χ0n) is 9.80. The zero-order chi connectivity index (χ0) is 13.1. The monoisotopic (exact) mass is 265 g/mol. The highest BCUT2D eigenvalue weighted by Gasteiger charge is 2.19. The SMILES string of the molecule is Cc1occc1C(Cl)Cc1ccccc1[N+](=O)[O-]. The van der Waals surface area contributed by atoms with Gasteiger partial charge in [-0.3, -0.25) is 10.1 Å². The summed E-state index contributed by atoms with van der Waals surface area (Å²) in [5.74, 6) is 0.744. The van der Waals surface area contributed by atoms with Gasteiger partial charge in [-0.25, -0.2) is 0 Å². The summed E-state index contributed by atoms with van der Waals surface area (Å²) in [5, 5.41) is 10.6. The highest BCUT2D eigenvalue weighted by molar-refractivity contribution is 6.21. The van der Waals surface area contributed by atoms with Gasteiger partial charge >= 0.3 is 0 Å². The molecule has 0 aliphatic heterocycles. The first-order valence-corrected chi connectivity index (χ1v) is 5.93. The quantitative estimate of drug-likeness (QED) is 0.477. The van der Waals surface area contributed by atoms with Crippen molar-refractivity contribution < 1.29 is 9.34 Å². The Kier molecular flexibility index (Phi) is 3.67. The smallest absolute Gasteiger partial charge is 0.272 e. The Labute approximate surface area is 109 Å². The average Bonchev–Trinajstić information content (AvgIpc) is 2.76. The summed E-state index contributed by atoms with van der Waals surface area (Å²) in [7, 11) is 0. The maximum absolute atomic E-state index is 10.9. The minimum absolute atomic E-state index is 0.101. The first-order chi connectivity index (χ1) is 8.59. The maximum Gasteiger partial charge on any atom is 0.272 e.